The number of hydrogen-bond acceptors (Lipinski definition) is 4. The number of esters is 1. The molecular weight excluding hydrogens is 192 g/mol. The fraction of sp³-hybridized carbons (Fsp3) is 0.364. The second-order valence-corrected chi connectivity index (χ2v) is 3.20. The Morgan fingerprint density at radius 1 is 1.40 bits per heavy atom. The third-order valence-corrected chi connectivity index (χ3v) is 1.65. The molecular formula is C11H14N2O2. The molecule has 0 saturated heterocycles. The largest absolute Gasteiger partial charge is 0.464 e. The zero-order chi connectivity index (χ0) is 11.1. The molecule has 1 aromatic rings. The Hall–Kier alpha value is -1.71. The van der Waals surface area contributed by atoms with Crippen molar-refractivity contribution in [1.29, 1.82) is 0 Å². The van der Waals surface area contributed by atoms with Crippen LogP contribution in [0.4, 0.5) is 5.69 Å². The molecule has 0 aliphatic carbocycles. The van der Waals surface area contributed by atoms with Crippen LogP contribution in [-0.2, 0) is 9.53 Å². The molecule has 4 heteroatoms. The maximum absolute atomic E-state index is 10.5. The fourth-order valence-electron chi connectivity index (χ4n) is 0.931. The topological polar surface area (TPSA) is 51.0 Å². The van der Waals surface area contributed by atoms with Crippen LogP contribution in [0.15, 0.2) is 40.6 Å². The van der Waals surface area contributed by atoms with E-state index in [2.05, 4.69) is 10.2 Å². The van der Waals surface area contributed by atoms with Crippen molar-refractivity contribution in [1.82, 2.24) is 0 Å². The first-order valence-corrected chi connectivity index (χ1v) is 4.78. The molecule has 15 heavy (non-hydrogen) atoms. The van der Waals surface area contributed by atoms with Gasteiger partial charge >= 0.3 is 5.97 Å². The maximum atomic E-state index is 10.5. The molecule has 0 spiro atoms. The van der Waals surface area contributed by atoms with Gasteiger partial charge in [0, 0.05) is 6.92 Å². The zero-order valence-corrected chi connectivity index (χ0v) is 8.88. The van der Waals surface area contributed by atoms with Crippen molar-refractivity contribution >= 4 is 11.7 Å². The van der Waals surface area contributed by atoms with E-state index in [0.717, 1.165) is 5.69 Å². The lowest BCUT2D eigenvalue weighted by Crippen LogP contribution is -2.11. The van der Waals surface area contributed by atoms with Gasteiger partial charge in [0.2, 0.25) is 0 Å². The summed E-state index contributed by atoms with van der Waals surface area (Å²) in [6.07, 6.45) is 0. The van der Waals surface area contributed by atoms with E-state index in [1.165, 1.54) is 6.92 Å². The minimum absolute atomic E-state index is 0.117. The van der Waals surface area contributed by atoms with E-state index in [1.807, 2.05) is 37.3 Å². The normalized spacial score (nSPS) is 12.7. The summed E-state index contributed by atoms with van der Waals surface area (Å²) in [7, 11) is 0. The minimum Gasteiger partial charge on any atom is -0.464 e. The van der Waals surface area contributed by atoms with Crippen LogP contribution in [0.2, 0.25) is 0 Å². The van der Waals surface area contributed by atoms with E-state index >= 15 is 0 Å². The smallest absolute Gasteiger partial charge is 0.302 e. The Labute approximate surface area is 89.0 Å². The molecule has 0 amide bonds. The van der Waals surface area contributed by atoms with Gasteiger partial charge in [-0.15, -0.1) is 0 Å². The molecule has 0 radical (unpaired) electrons. The molecule has 0 aliphatic rings. The van der Waals surface area contributed by atoms with E-state index in [0.29, 0.717) is 0 Å². The molecule has 80 valence electrons. The molecule has 0 heterocycles. The highest BCUT2D eigenvalue weighted by atomic mass is 16.5. The van der Waals surface area contributed by atoms with Gasteiger partial charge in [-0.1, -0.05) is 18.2 Å². The summed E-state index contributed by atoms with van der Waals surface area (Å²) in [4.78, 5) is 10.5. The Morgan fingerprint density at radius 3 is 2.67 bits per heavy atom. The average Bonchev–Trinajstić information content (AvgIpc) is 2.25. The third kappa shape index (κ3) is 4.90. The zero-order valence-electron chi connectivity index (χ0n) is 8.88. The van der Waals surface area contributed by atoms with Crippen LogP contribution < -0.4 is 0 Å². The van der Waals surface area contributed by atoms with E-state index in [4.69, 9.17) is 4.74 Å². The molecule has 1 atom stereocenters. The molecule has 1 aromatic carbocycles. The predicted molar refractivity (Wildman–Crippen MR) is 57.1 cm³/mol. The molecule has 0 aliphatic heterocycles. The number of hydrogen-bond donors (Lipinski definition) is 0. The van der Waals surface area contributed by atoms with Crippen LogP contribution in [-0.4, -0.2) is 18.6 Å². The average molecular weight is 206 g/mol. The van der Waals surface area contributed by atoms with Gasteiger partial charge < -0.3 is 4.74 Å². The molecule has 1 rings (SSSR count). The molecule has 4 nitrogen and oxygen atoms in total. The number of azo groups is 1. The Balaban J connectivity index is 2.41. The summed E-state index contributed by atoms with van der Waals surface area (Å²) < 4.78 is 4.80. The standard InChI is InChI=1S/C11H14N2O2/c1-9(8-15-10(2)14)12-13-11-6-4-3-5-7-11/h3-7,9H,8H2,1-2H3. The van der Waals surface area contributed by atoms with Crippen LogP contribution in [0.3, 0.4) is 0 Å². The number of carbonyl (C=O) groups excluding carboxylic acids is 1. The van der Waals surface area contributed by atoms with Crippen molar-refractivity contribution in [2.75, 3.05) is 6.61 Å². The Morgan fingerprint density at radius 2 is 2.07 bits per heavy atom. The molecule has 1 unspecified atom stereocenters. The van der Waals surface area contributed by atoms with Crippen LogP contribution in [0.5, 0.6) is 0 Å². The molecule has 0 fully saturated rings. The third-order valence-electron chi connectivity index (χ3n) is 1.65. The van der Waals surface area contributed by atoms with Gasteiger partial charge in [0.15, 0.2) is 0 Å². The number of ether oxygens (including phenoxy) is 1. The van der Waals surface area contributed by atoms with Gasteiger partial charge in [-0.05, 0) is 19.1 Å². The molecule has 0 aromatic heterocycles. The first kappa shape index (κ1) is 11.4. The van der Waals surface area contributed by atoms with E-state index < -0.39 is 0 Å². The maximum Gasteiger partial charge on any atom is 0.302 e. The minimum atomic E-state index is -0.295. The van der Waals surface area contributed by atoms with Crippen molar-refractivity contribution < 1.29 is 9.53 Å². The van der Waals surface area contributed by atoms with Gasteiger partial charge in [0.1, 0.15) is 12.6 Å². The van der Waals surface area contributed by atoms with Crippen molar-refractivity contribution in [3.05, 3.63) is 30.3 Å². The van der Waals surface area contributed by atoms with E-state index in [9.17, 15) is 4.79 Å². The molecule has 0 bridgehead atoms. The SMILES string of the molecule is CC(=O)OCC(C)N=Nc1ccccc1. The number of rotatable bonds is 4. The van der Waals surface area contributed by atoms with Crippen LogP contribution in [0.25, 0.3) is 0 Å². The van der Waals surface area contributed by atoms with Crippen molar-refractivity contribution in [3.63, 3.8) is 0 Å². The molecule has 0 N–H and O–H groups in total. The Kier molecular flexibility index (Phi) is 4.47. The first-order chi connectivity index (χ1) is 7.18. The van der Waals surface area contributed by atoms with Gasteiger partial charge in [-0.3, -0.25) is 4.79 Å². The number of benzene rings is 1. The lowest BCUT2D eigenvalue weighted by molar-refractivity contribution is -0.141. The predicted octanol–water partition coefficient (Wildman–Crippen LogP) is 2.72. The summed E-state index contributed by atoms with van der Waals surface area (Å²) in [5.41, 5.74) is 0.798. The van der Waals surface area contributed by atoms with Gasteiger partial charge in [0.05, 0.1) is 5.69 Å². The first-order valence-electron chi connectivity index (χ1n) is 4.78. The van der Waals surface area contributed by atoms with E-state index in [-0.39, 0.29) is 18.6 Å². The number of carbonyl (C=O) groups is 1. The second kappa shape index (κ2) is 5.90. The van der Waals surface area contributed by atoms with Gasteiger partial charge in [0.25, 0.3) is 0 Å². The van der Waals surface area contributed by atoms with Crippen LogP contribution >= 0.6 is 0 Å². The van der Waals surface area contributed by atoms with Gasteiger partial charge in [-0.2, -0.15) is 10.2 Å². The summed E-state index contributed by atoms with van der Waals surface area (Å²) in [5, 5.41) is 8.03. The number of nitrogens with zero attached hydrogens (tertiary/aromatic N) is 2. The highest BCUT2D eigenvalue weighted by Crippen LogP contribution is 2.11. The Bertz CT molecular complexity index is 336. The van der Waals surface area contributed by atoms with Crippen molar-refractivity contribution in [2.24, 2.45) is 10.2 Å². The van der Waals surface area contributed by atoms with E-state index in [1.54, 1.807) is 0 Å². The van der Waals surface area contributed by atoms with Crippen LogP contribution in [0.1, 0.15) is 13.8 Å². The highest BCUT2D eigenvalue weighted by Gasteiger charge is 2.01. The van der Waals surface area contributed by atoms with Crippen molar-refractivity contribution in [2.45, 2.75) is 19.9 Å². The second-order valence-electron chi connectivity index (χ2n) is 3.20. The van der Waals surface area contributed by atoms with Crippen LogP contribution in [0, 0.1) is 0 Å². The summed E-state index contributed by atoms with van der Waals surface area (Å²) in [6.45, 7) is 3.49. The summed E-state index contributed by atoms with van der Waals surface area (Å²) >= 11 is 0. The molecule has 0 saturated carbocycles. The monoisotopic (exact) mass is 206 g/mol. The quantitative estimate of drug-likeness (QED) is 0.561. The highest BCUT2D eigenvalue weighted by molar-refractivity contribution is 5.65. The summed E-state index contributed by atoms with van der Waals surface area (Å²) in [5.74, 6) is -0.295. The lowest BCUT2D eigenvalue weighted by atomic mass is 10.3. The lowest BCUT2D eigenvalue weighted by Gasteiger charge is -2.04. The van der Waals surface area contributed by atoms with Gasteiger partial charge in [-0.25, -0.2) is 0 Å². The summed E-state index contributed by atoms with van der Waals surface area (Å²) in [6, 6.07) is 9.32. The van der Waals surface area contributed by atoms with Crippen molar-refractivity contribution in [3.8, 4) is 0 Å². The fourth-order valence-corrected chi connectivity index (χ4v) is 0.931.